The number of hydrogen-bond donors (Lipinski definition) is 0. The molecule has 2 aromatic carbocycles. The predicted molar refractivity (Wildman–Crippen MR) is 100 cm³/mol. The molecular weight excluding hydrogens is 315 g/mol. The number of rotatable bonds is 6. The number of piperazine rings is 1. The van der Waals surface area contributed by atoms with Crippen LogP contribution in [0.4, 0.5) is 10.1 Å². The van der Waals surface area contributed by atoms with Gasteiger partial charge in [-0.1, -0.05) is 36.4 Å². The number of ketones is 1. The maximum atomic E-state index is 13.0. The SMILES string of the molecule is O=C(/C=C/c1ccccc1)CCN1CCN(c2ccc(F)cc2)CC1. The Morgan fingerprint density at radius 1 is 0.960 bits per heavy atom. The maximum Gasteiger partial charge on any atom is 0.156 e. The number of halogens is 1. The molecule has 1 saturated heterocycles. The van der Waals surface area contributed by atoms with Crippen molar-refractivity contribution in [2.45, 2.75) is 6.42 Å². The summed E-state index contributed by atoms with van der Waals surface area (Å²) < 4.78 is 13.0. The first-order valence-corrected chi connectivity index (χ1v) is 8.69. The Balaban J connectivity index is 1.41. The molecule has 0 atom stereocenters. The Labute approximate surface area is 148 Å². The molecule has 4 heteroatoms. The Kier molecular flexibility index (Phi) is 5.96. The van der Waals surface area contributed by atoms with Crippen LogP contribution >= 0.6 is 0 Å². The molecule has 2 aromatic rings. The van der Waals surface area contributed by atoms with E-state index in [4.69, 9.17) is 0 Å². The Hall–Kier alpha value is -2.46. The number of benzene rings is 2. The number of allylic oxidation sites excluding steroid dienone is 1. The van der Waals surface area contributed by atoms with Gasteiger partial charge in [0, 0.05) is 44.8 Å². The average Bonchev–Trinajstić information content (AvgIpc) is 2.67. The summed E-state index contributed by atoms with van der Waals surface area (Å²) in [5.41, 5.74) is 2.10. The van der Waals surface area contributed by atoms with Crippen LogP contribution in [-0.2, 0) is 4.79 Å². The first kappa shape index (κ1) is 17.4. The average molecular weight is 338 g/mol. The molecule has 25 heavy (non-hydrogen) atoms. The zero-order valence-corrected chi connectivity index (χ0v) is 14.3. The lowest BCUT2D eigenvalue weighted by Crippen LogP contribution is -2.46. The first-order valence-electron chi connectivity index (χ1n) is 8.69. The largest absolute Gasteiger partial charge is 0.369 e. The fraction of sp³-hybridized carbons (Fsp3) is 0.286. The van der Waals surface area contributed by atoms with Gasteiger partial charge in [0.1, 0.15) is 5.82 Å². The van der Waals surface area contributed by atoms with E-state index in [1.54, 1.807) is 6.08 Å². The fourth-order valence-electron chi connectivity index (χ4n) is 2.99. The zero-order valence-electron chi connectivity index (χ0n) is 14.3. The van der Waals surface area contributed by atoms with Crippen LogP contribution in [0.1, 0.15) is 12.0 Å². The van der Waals surface area contributed by atoms with Crippen molar-refractivity contribution in [1.29, 1.82) is 0 Å². The standard InChI is InChI=1S/C21H23FN2O/c22-19-7-9-20(10-8-19)24-16-14-23(15-17-24)13-12-21(25)11-6-18-4-2-1-3-5-18/h1-11H,12-17H2/b11-6+. The molecule has 1 aliphatic heterocycles. The van der Waals surface area contributed by atoms with Gasteiger partial charge in [0.25, 0.3) is 0 Å². The molecular formula is C21H23FN2O. The van der Waals surface area contributed by atoms with Crippen molar-refractivity contribution in [2.75, 3.05) is 37.6 Å². The van der Waals surface area contributed by atoms with Gasteiger partial charge >= 0.3 is 0 Å². The molecule has 0 spiro atoms. The van der Waals surface area contributed by atoms with Gasteiger partial charge < -0.3 is 4.90 Å². The topological polar surface area (TPSA) is 23.6 Å². The summed E-state index contributed by atoms with van der Waals surface area (Å²) in [6, 6.07) is 16.5. The van der Waals surface area contributed by atoms with Gasteiger partial charge in [-0.3, -0.25) is 9.69 Å². The highest BCUT2D eigenvalue weighted by atomic mass is 19.1. The molecule has 1 fully saturated rings. The fourth-order valence-corrected chi connectivity index (χ4v) is 2.99. The highest BCUT2D eigenvalue weighted by molar-refractivity contribution is 5.93. The van der Waals surface area contributed by atoms with Gasteiger partial charge in [-0.2, -0.15) is 0 Å². The molecule has 0 aromatic heterocycles. The van der Waals surface area contributed by atoms with Crippen molar-refractivity contribution in [3.8, 4) is 0 Å². The maximum absolute atomic E-state index is 13.0. The van der Waals surface area contributed by atoms with Crippen LogP contribution in [0.3, 0.4) is 0 Å². The molecule has 0 N–H and O–H groups in total. The predicted octanol–water partition coefficient (Wildman–Crippen LogP) is 3.62. The van der Waals surface area contributed by atoms with E-state index in [0.29, 0.717) is 6.42 Å². The van der Waals surface area contributed by atoms with E-state index < -0.39 is 0 Å². The van der Waals surface area contributed by atoms with Gasteiger partial charge in [0.05, 0.1) is 0 Å². The van der Waals surface area contributed by atoms with Crippen LogP contribution in [0.5, 0.6) is 0 Å². The summed E-state index contributed by atoms with van der Waals surface area (Å²) in [7, 11) is 0. The van der Waals surface area contributed by atoms with Crippen molar-refractivity contribution in [2.24, 2.45) is 0 Å². The zero-order chi connectivity index (χ0) is 17.5. The molecule has 0 bridgehead atoms. The third-order valence-corrected chi connectivity index (χ3v) is 4.50. The smallest absolute Gasteiger partial charge is 0.156 e. The second-order valence-corrected chi connectivity index (χ2v) is 6.27. The van der Waals surface area contributed by atoms with Gasteiger partial charge in [-0.25, -0.2) is 4.39 Å². The van der Waals surface area contributed by atoms with Crippen molar-refractivity contribution in [3.05, 3.63) is 72.1 Å². The molecule has 3 nitrogen and oxygen atoms in total. The molecule has 0 aliphatic carbocycles. The molecule has 1 heterocycles. The molecule has 3 rings (SSSR count). The molecule has 0 amide bonds. The van der Waals surface area contributed by atoms with Gasteiger partial charge in [0.2, 0.25) is 0 Å². The molecule has 130 valence electrons. The van der Waals surface area contributed by atoms with Crippen LogP contribution in [0.2, 0.25) is 0 Å². The second kappa shape index (κ2) is 8.58. The summed E-state index contributed by atoms with van der Waals surface area (Å²) in [6.45, 7) is 4.44. The van der Waals surface area contributed by atoms with Gasteiger partial charge in [-0.05, 0) is 35.9 Å². The van der Waals surface area contributed by atoms with Crippen LogP contribution < -0.4 is 4.90 Å². The minimum atomic E-state index is -0.204. The number of carbonyl (C=O) groups is 1. The van der Waals surface area contributed by atoms with E-state index in [2.05, 4.69) is 9.80 Å². The van der Waals surface area contributed by atoms with Crippen LogP contribution in [0, 0.1) is 5.82 Å². The van der Waals surface area contributed by atoms with Crippen molar-refractivity contribution < 1.29 is 9.18 Å². The lowest BCUT2D eigenvalue weighted by molar-refractivity contribution is -0.114. The van der Waals surface area contributed by atoms with Gasteiger partial charge in [0.15, 0.2) is 5.78 Å². The van der Waals surface area contributed by atoms with Gasteiger partial charge in [-0.15, -0.1) is 0 Å². The third kappa shape index (κ3) is 5.26. The summed E-state index contributed by atoms with van der Waals surface area (Å²) in [5.74, 6) is -0.0470. The number of carbonyl (C=O) groups excluding carboxylic acids is 1. The van der Waals surface area contributed by atoms with E-state index in [9.17, 15) is 9.18 Å². The number of anilines is 1. The van der Waals surface area contributed by atoms with Crippen molar-refractivity contribution >= 4 is 17.5 Å². The lowest BCUT2D eigenvalue weighted by Gasteiger charge is -2.36. The molecule has 0 saturated carbocycles. The number of nitrogens with zero attached hydrogens (tertiary/aromatic N) is 2. The van der Waals surface area contributed by atoms with E-state index in [0.717, 1.165) is 44.0 Å². The normalized spacial score (nSPS) is 15.6. The Morgan fingerprint density at radius 3 is 2.32 bits per heavy atom. The van der Waals surface area contributed by atoms with E-state index in [-0.39, 0.29) is 11.6 Å². The summed E-state index contributed by atoms with van der Waals surface area (Å²) >= 11 is 0. The first-order chi connectivity index (χ1) is 12.2. The van der Waals surface area contributed by atoms with Crippen LogP contribution in [-0.4, -0.2) is 43.4 Å². The van der Waals surface area contributed by atoms with Crippen LogP contribution in [0.25, 0.3) is 6.08 Å². The van der Waals surface area contributed by atoms with Crippen molar-refractivity contribution in [1.82, 2.24) is 4.90 Å². The minimum absolute atomic E-state index is 0.157. The van der Waals surface area contributed by atoms with Crippen molar-refractivity contribution in [3.63, 3.8) is 0 Å². The summed E-state index contributed by atoms with van der Waals surface area (Å²) in [4.78, 5) is 16.6. The highest BCUT2D eigenvalue weighted by Crippen LogP contribution is 2.17. The Morgan fingerprint density at radius 2 is 1.64 bits per heavy atom. The highest BCUT2D eigenvalue weighted by Gasteiger charge is 2.17. The van der Waals surface area contributed by atoms with E-state index in [1.165, 1.54) is 12.1 Å². The van der Waals surface area contributed by atoms with E-state index in [1.807, 2.05) is 48.5 Å². The Bertz CT molecular complexity index is 704. The lowest BCUT2D eigenvalue weighted by atomic mass is 10.1. The summed E-state index contributed by atoms with van der Waals surface area (Å²) in [6.07, 6.45) is 4.08. The number of hydrogen-bond acceptors (Lipinski definition) is 3. The van der Waals surface area contributed by atoms with E-state index >= 15 is 0 Å². The molecule has 1 aliphatic rings. The molecule has 0 radical (unpaired) electrons. The minimum Gasteiger partial charge on any atom is -0.369 e. The quantitative estimate of drug-likeness (QED) is 0.752. The summed E-state index contributed by atoms with van der Waals surface area (Å²) in [5, 5.41) is 0. The van der Waals surface area contributed by atoms with Crippen LogP contribution in [0.15, 0.2) is 60.7 Å². The monoisotopic (exact) mass is 338 g/mol. The second-order valence-electron chi connectivity index (χ2n) is 6.27. The molecule has 0 unspecified atom stereocenters. The third-order valence-electron chi connectivity index (χ3n) is 4.50.